The summed E-state index contributed by atoms with van der Waals surface area (Å²) in [5.41, 5.74) is 4.09. The Morgan fingerprint density at radius 1 is 0.811 bits per heavy atom. The van der Waals surface area contributed by atoms with Gasteiger partial charge in [-0.2, -0.15) is 0 Å². The van der Waals surface area contributed by atoms with Gasteiger partial charge in [0.2, 0.25) is 0 Å². The fourth-order valence-electron chi connectivity index (χ4n) is 4.65. The molecule has 4 aromatic rings. The molecule has 0 aliphatic carbocycles. The van der Waals surface area contributed by atoms with Crippen LogP contribution >= 0.6 is 0 Å². The highest BCUT2D eigenvalue weighted by atomic mass is 32.2. The number of benzene rings is 3. The first kappa shape index (κ1) is 25.1. The first-order chi connectivity index (χ1) is 17.9. The van der Waals surface area contributed by atoms with Gasteiger partial charge in [-0.25, -0.2) is 8.42 Å². The van der Waals surface area contributed by atoms with E-state index in [4.69, 9.17) is 0 Å². The number of anilines is 1. The SMILES string of the molecule is CC(=O)c1ccc(CN2CCN(Cc3ccc(NS(=O)(=O)c4cccc5cccnc45)cc3)CC2)cc1. The lowest BCUT2D eigenvalue weighted by molar-refractivity contribution is 0.101. The van der Waals surface area contributed by atoms with Gasteiger partial charge in [-0.3, -0.25) is 24.3 Å². The number of hydrogen-bond donors (Lipinski definition) is 1. The smallest absolute Gasteiger partial charge is 0.264 e. The quantitative estimate of drug-likeness (QED) is 0.347. The Bertz CT molecular complexity index is 1490. The van der Waals surface area contributed by atoms with Crippen molar-refractivity contribution < 1.29 is 13.2 Å². The van der Waals surface area contributed by atoms with Crippen molar-refractivity contribution in [2.75, 3.05) is 30.9 Å². The zero-order valence-electron chi connectivity index (χ0n) is 20.8. The lowest BCUT2D eigenvalue weighted by atomic mass is 10.1. The number of Topliss-reactive ketones (excluding diaryl/α,β-unsaturated/α-hetero) is 1. The molecular formula is C29H30N4O3S. The summed E-state index contributed by atoms with van der Waals surface area (Å²) in [4.78, 5) is 20.7. The van der Waals surface area contributed by atoms with E-state index in [-0.39, 0.29) is 10.7 Å². The average molecular weight is 515 g/mol. The average Bonchev–Trinajstić information content (AvgIpc) is 2.91. The molecule has 0 saturated carbocycles. The number of piperazine rings is 1. The maximum atomic E-state index is 13.0. The highest BCUT2D eigenvalue weighted by molar-refractivity contribution is 7.93. The van der Waals surface area contributed by atoms with Crippen LogP contribution < -0.4 is 4.72 Å². The van der Waals surface area contributed by atoms with Gasteiger partial charge in [0.05, 0.1) is 5.52 Å². The fraction of sp³-hybridized carbons (Fsp3) is 0.241. The van der Waals surface area contributed by atoms with Gasteiger partial charge in [-0.05, 0) is 42.3 Å². The van der Waals surface area contributed by atoms with Gasteiger partial charge in [0.15, 0.2) is 5.78 Å². The standard InChI is InChI=1S/C29H30N4O3S/c1-22(34)25-11-7-23(8-12-25)20-32-16-18-33(19-17-32)21-24-9-13-27(14-10-24)31-37(35,36)28-6-2-4-26-5-3-15-30-29(26)28/h2-15,31H,16-21H2,1H3. The van der Waals surface area contributed by atoms with Crippen LogP contribution in [0, 0.1) is 0 Å². The molecule has 1 aliphatic heterocycles. The summed E-state index contributed by atoms with van der Waals surface area (Å²) < 4.78 is 28.8. The van der Waals surface area contributed by atoms with Crippen LogP contribution in [-0.4, -0.2) is 55.2 Å². The Hall–Kier alpha value is -3.59. The zero-order valence-corrected chi connectivity index (χ0v) is 21.6. The monoisotopic (exact) mass is 514 g/mol. The van der Waals surface area contributed by atoms with Gasteiger partial charge >= 0.3 is 0 Å². The molecule has 37 heavy (non-hydrogen) atoms. The van der Waals surface area contributed by atoms with Crippen LogP contribution in [0.3, 0.4) is 0 Å². The van der Waals surface area contributed by atoms with Crippen LogP contribution in [0.1, 0.15) is 28.4 Å². The minimum absolute atomic E-state index is 0.0905. The van der Waals surface area contributed by atoms with E-state index >= 15 is 0 Å². The number of fused-ring (bicyclic) bond motifs is 1. The number of rotatable bonds is 8. The molecule has 0 atom stereocenters. The van der Waals surface area contributed by atoms with Crippen molar-refractivity contribution in [2.45, 2.75) is 24.9 Å². The number of aromatic nitrogens is 1. The molecule has 2 heterocycles. The number of sulfonamides is 1. The lowest BCUT2D eigenvalue weighted by Crippen LogP contribution is -2.45. The molecule has 5 rings (SSSR count). The van der Waals surface area contributed by atoms with E-state index < -0.39 is 10.0 Å². The summed E-state index contributed by atoms with van der Waals surface area (Å²) in [5, 5.41) is 0.784. The molecule has 0 spiro atoms. The molecule has 0 bridgehead atoms. The molecule has 0 radical (unpaired) electrons. The Balaban J connectivity index is 1.15. The lowest BCUT2D eigenvalue weighted by Gasteiger charge is -2.34. The van der Waals surface area contributed by atoms with Crippen LogP contribution in [0.25, 0.3) is 10.9 Å². The molecule has 0 amide bonds. The third kappa shape index (κ3) is 6.05. The van der Waals surface area contributed by atoms with Gasteiger partial charge < -0.3 is 0 Å². The molecule has 1 aliphatic rings. The number of carbonyl (C=O) groups excluding carboxylic acids is 1. The molecule has 190 valence electrons. The molecule has 8 heteroatoms. The number of carbonyl (C=O) groups is 1. The summed E-state index contributed by atoms with van der Waals surface area (Å²) in [7, 11) is -3.76. The highest BCUT2D eigenvalue weighted by Gasteiger charge is 2.19. The molecule has 1 saturated heterocycles. The number of para-hydroxylation sites is 1. The number of nitrogens with one attached hydrogen (secondary N) is 1. The van der Waals surface area contributed by atoms with Crippen molar-refractivity contribution in [1.29, 1.82) is 0 Å². The van der Waals surface area contributed by atoms with Crippen molar-refractivity contribution in [3.63, 3.8) is 0 Å². The van der Waals surface area contributed by atoms with Crippen molar-refractivity contribution in [1.82, 2.24) is 14.8 Å². The van der Waals surface area contributed by atoms with E-state index in [1.54, 1.807) is 31.3 Å². The maximum absolute atomic E-state index is 13.0. The Morgan fingerprint density at radius 3 is 1.97 bits per heavy atom. The number of nitrogens with zero attached hydrogens (tertiary/aromatic N) is 3. The van der Waals surface area contributed by atoms with Crippen LogP contribution in [0.2, 0.25) is 0 Å². The fourth-order valence-corrected chi connectivity index (χ4v) is 5.89. The third-order valence-electron chi connectivity index (χ3n) is 6.73. The normalized spacial score (nSPS) is 15.1. The highest BCUT2D eigenvalue weighted by Crippen LogP contribution is 2.24. The molecule has 7 nitrogen and oxygen atoms in total. The zero-order chi connectivity index (χ0) is 25.8. The minimum atomic E-state index is -3.76. The minimum Gasteiger partial charge on any atom is -0.297 e. The van der Waals surface area contributed by atoms with Crippen molar-refractivity contribution >= 4 is 32.4 Å². The van der Waals surface area contributed by atoms with E-state index in [0.29, 0.717) is 11.2 Å². The second kappa shape index (κ2) is 10.8. The molecule has 1 N–H and O–H groups in total. The van der Waals surface area contributed by atoms with Gasteiger partial charge in [-0.1, -0.05) is 54.6 Å². The Morgan fingerprint density at radius 2 is 1.38 bits per heavy atom. The van der Waals surface area contributed by atoms with Crippen LogP contribution in [0.5, 0.6) is 0 Å². The van der Waals surface area contributed by atoms with Crippen molar-refractivity contribution in [3.8, 4) is 0 Å². The van der Waals surface area contributed by atoms with E-state index in [1.807, 2.05) is 60.7 Å². The van der Waals surface area contributed by atoms with Gasteiger partial charge in [0.1, 0.15) is 4.90 Å². The predicted octanol–water partition coefficient (Wildman–Crippen LogP) is 4.56. The molecule has 3 aromatic carbocycles. The second-order valence-electron chi connectivity index (χ2n) is 9.44. The first-order valence-corrected chi connectivity index (χ1v) is 13.9. The van der Waals surface area contributed by atoms with Crippen molar-refractivity contribution in [2.24, 2.45) is 0 Å². The summed E-state index contributed by atoms with van der Waals surface area (Å²) in [5.74, 6) is 0.0905. The van der Waals surface area contributed by atoms with Gasteiger partial charge in [0.25, 0.3) is 10.0 Å². The maximum Gasteiger partial charge on any atom is 0.264 e. The van der Waals surface area contributed by atoms with Gasteiger partial charge in [0, 0.05) is 62.1 Å². The summed E-state index contributed by atoms with van der Waals surface area (Å²) >= 11 is 0. The summed E-state index contributed by atoms with van der Waals surface area (Å²) in [6, 6.07) is 24.2. The number of hydrogen-bond acceptors (Lipinski definition) is 6. The van der Waals surface area contributed by atoms with Crippen LogP contribution in [0.4, 0.5) is 5.69 Å². The third-order valence-corrected chi connectivity index (χ3v) is 8.14. The van der Waals surface area contributed by atoms with Crippen molar-refractivity contribution in [3.05, 3.63) is 102 Å². The van der Waals surface area contributed by atoms with E-state index in [0.717, 1.165) is 55.8 Å². The van der Waals surface area contributed by atoms with Gasteiger partial charge in [-0.15, -0.1) is 0 Å². The largest absolute Gasteiger partial charge is 0.297 e. The molecule has 0 unspecified atom stereocenters. The molecular weight excluding hydrogens is 484 g/mol. The first-order valence-electron chi connectivity index (χ1n) is 12.4. The summed E-state index contributed by atoms with van der Waals surface area (Å²) in [6.07, 6.45) is 1.60. The van der Waals surface area contributed by atoms with Crippen LogP contribution in [-0.2, 0) is 23.1 Å². The molecule has 1 aromatic heterocycles. The predicted molar refractivity (Wildman–Crippen MR) is 146 cm³/mol. The van der Waals surface area contributed by atoms with E-state index in [2.05, 4.69) is 19.5 Å². The summed E-state index contributed by atoms with van der Waals surface area (Å²) in [6.45, 7) is 7.18. The van der Waals surface area contributed by atoms with Crippen LogP contribution in [0.15, 0.2) is 90.0 Å². The van der Waals surface area contributed by atoms with E-state index in [1.165, 1.54) is 5.56 Å². The topological polar surface area (TPSA) is 82.6 Å². The second-order valence-corrected chi connectivity index (χ2v) is 11.1. The molecule has 1 fully saturated rings. The van der Waals surface area contributed by atoms with E-state index in [9.17, 15) is 13.2 Å². The number of pyridine rings is 1. The number of ketones is 1. The Labute approximate surface area is 217 Å². The Kier molecular flexibility index (Phi) is 7.32.